The van der Waals surface area contributed by atoms with Crippen LogP contribution in [0.1, 0.15) is 43.0 Å². The predicted octanol–water partition coefficient (Wildman–Crippen LogP) is 6.68. The molecule has 0 aliphatic rings. The number of hydrogen-bond acceptors (Lipinski definition) is 5. The summed E-state index contributed by atoms with van der Waals surface area (Å²) in [5.41, 5.74) is 5.17. The molecule has 4 aromatic carbocycles. The summed E-state index contributed by atoms with van der Waals surface area (Å²) in [6.07, 6.45) is 0. The Morgan fingerprint density at radius 3 is 1.86 bits per heavy atom. The lowest BCUT2D eigenvalue weighted by Gasteiger charge is -2.13. The van der Waals surface area contributed by atoms with Gasteiger partial charge in [-0.1, -0.05) is 41.5 Å². The van der Waals surface area contributed by atoms with E-state index < -0.39 is 11.7 Å². The molecule has 2 amide bonds. The average Bonchev–Trinajstić information content (AvgIpc) is 2.82. The molecule has 7 nitrogen and oxygen atoms in total. The fraction of sp³-hybridized carbons (Fsp3) is 0.143. The van der Waals surface area contributed by atoms with Crippen molar-refractivity contribution in [3.63, 3.8) is 0 Å². The molecule has 7 heteroatoms. The molecule has 35 heavy (non-hydrogen) atoms. The summed E-state index contributed by atoms with van der Waals surface area (Å²) in [6, 6.07) is 17.4. The molecular formula is C28H25N3O4. The Hall–Kier alpha value is -4.52. The number of hydrogen-bond donors (Lipinski definition) is 3. The van der Waals surface area contributed by atoms with Crippen LogP contribution >= 0.6 is 0 Å². The third-order valence-corrected chi connectivity index (χ3v) is 5.94. The predicted molar refractivity (Wildman–Crippen MR) is 139 cm³/mol. The van der Waals surface area contributed by atoms with E-state index in [1.165, 1.54) is 12.1 Å². The number of carbonyl (C=O) groups is 2. The van der Waals surface area contributed by atoms with E-state index in [-0.39, 0.29) is 17.2 Å². The lowest BCUT2D eigenvalue weighted by molar-refractivity contribution is 0.101. The summed E-state index contributed by atoms with van der Waals surface area (Å²) in [5.74, 6) is -1.44. The molecule has 0 spiro atoms. The minimum absolute atomic E-state index is 0.112. The van der Waals surface area contributed by atoms with Gasteiger partial charge in [0.1, 0.15) is 0 Å². The van der Waals surface area contributed by atoms with Crippen molar-refractivity contribution >= 4 is 39.6 Å². The van der Waals surface area contributed by atoms with Crippen LogP contribution in [0.3, 0.4) is 0 Å². The summed E-state index contributed by atoms with van der Waals surface area (Å²) in [4.78, 5) is 37.5. The Morgan fingerprint density at radius 1 is 0.743 bits per heavy atom. The first-order valence-corrected chi connectivity index (χ1v) is 11.1. The van der Waals surface area contributed by atoms with Gasteiger partial charge in [-0.05, 0) is 79.7 Å². The number of fused-ring (bicyclic) bond motifs is 1. The Labute approximate surface area is 202 Å². The number of nitroso groups, excluding NO2 is 1. The summed E-state index contributed by atoms with van der Waals surface area (Å²) in [5, 5.41) is 20.0. The monoisotopic (exact) mass is 467 g/mol. The lowest BCUT2D eigenvalue weighted by atomic mass is 10.00. The van der Waals surface area contributed by atoms with E-state index >= 15 is 0 Å². The van der Waals surface area contributed by atoms with Crippen LogP contribution in [0.2, 0.25) is 0 Å². The number of phenols is 1. The van der Waals surface area contributed by atoms with E-state index in [4.69, 9.17) is 0 Å². The number of nitrogens with zero attached hydrogens (tertiary/aromatic N) is 1. The SMILES string of the molecule is Cc1ccc(NC(=O)c2ccc3c(N=O)c(O)c(C(=O)Nc4ccc(C)cc4C)cc3c2)c(C)c1. The summed E-state index contributed by atoms with van der Waals surface area (Å²) in [7, 11) is 0. The second kappa shape index (κ2) is 9.38. The largest absolute Gasteiger partial charge is 0.505 e. The number of aromatic hydroxyl groups is 1. The second-order valence-corrected chi connectivity index (χ2v) is 8.69. The summed E-state index contributed by atoms with van der Waals surface area (Å²) < 4.78 is 0. The zero-order chi connectivity index (χ0) is 25.3. The van der Waals surface area contributed by atoms with Crippen molar-refractivity contribution in [3.05, 3.63) is 99.0 Å². The van der Waals surface area contributed by atoms with Crippen LogP contribution in [-0.4, -0.2) is 16.9 Å². The van der Waals surface area contributed by atoms with Gasteiger partial charge >= 0.3 is 0 Å². The molecule has 4 rings (SSSR count). The van der Waals surface area contributed by atoms with Crippen LogP contribution in [-0.2, 0) is 0 Å². The standard InChI is InChI=1S/C28H25N3O4/c1-15-5-9-23(17(3)11-15)29-27(33)19-7-8-21-20(13-19)14-22(26(32)25(21)31-35)28(34)30-24-10-6-16(2)12-18(24)4/h5-14,32H,1-4H3,(H,29,33)(H,30,34). The van der Waals surface area contributed by atoms with Crippen molar-refractivity contribution in [2.24, 2.45) is 5.18 Å². The number of carbonyl (C=O) groups excluding carboxylic acids is 2. The molecule has 0 atom stereocenters. The van der Waals surface area contributed by atoms with E-state index in [1.54, 1.807) is 18.2 Å². The molecule has 0 bridgehead atoms. The topological polar surface area (TPSA) is 108 Å². The summed E-state index contributed by atoms with van der Waals surface area (Å²) >= 11 is 0. The molecular weight excluding hydrogens is 442 g/mol. The van der Waals surface area contributed by atoms with Gasteiger partial charge in [0.05, 0.1) is 5.56 Å². The van der Waals surface area contributed by atoms with Gasteiger partial charge in [0.25, 0.3) is 11.8 Å². The Kier molecular flexibility index (Phi) is 6.34. The van der Waals surface area contributed by atoms with Crippen LogP contribution in [0, 0.1) is 32.6 Å². The highest BCUT2D eigenvalue weighted by molar-refractivity contribution is 6.13. The lowest BCUT2D eigenvalue weighted by Crippen LogP contribution is -2.14. The highest BCUT2D eigenvalue weighted by Crippen LogP contribution is 2.39. The maximum Gasteiger partial charge on any atom is 0.259 e. The Bertz CT molecular complexity index is 1510. The van der Waals surface area contributed by atoms with Gasteiger partial charge in [0, 0.05) is 22.3 Å². The molecule has 0 unspecified atom stereocenters. The van der Waals surface area contributed by atoms with E-state index in [2.05, 4.69) is 15.8 Å². The van der Waals surface area contributed by atoms with Gasteiger partial charge in [-0.25, -0.2) is 0 Å². The first kappa shape index (κ1) is 23.6. The molecule has 0 fully saturated rings. The van der Waals surface area contributed by atoms with Crippen molar-refractivity contribution < 1.29 is 14.7 Å². The van der Waals surface area contributed by atoms with Gasteiger partial charge in [-0.15, -0.1) is 4.91 Å². The van der Waals surface area contributed by atoms with Crippen LogP contribution in [0.15, 0.2) is 65.8 Å². The van der Waals surface area contributed by atoms with Gasteiger partial charge in [0.15, 0.2) is 11.4 Å². The maximum absolute atomic E-state index is 13.0. The first-order chi connectivity index (χ1) is 16.7. The number of nitrogens with one attached hydrogen (secondary N) is 2. The van der Waals surface area contributed by atoms with Crippen LogP contribution in [0.25, 0.3) is 10.8 Å². The summed E-state index contributed by atoms with van der Waals surface area (Å²) in [6.45, 7) is 7.70. The fourth-order valence-corrected chi connectivity index (χ4v) is 4.08. The maximum atomic E-state index is 13.0. The molecule has 3 N–H and O–H groups in total. The van der Waals surface area contributed by atoms with Gasteiger partial charge in [0.2, 0.25) is 0 Å². The normalized spacial score (nSPS) is 10.7. The quantitative estimate of drug-likeness (QED) is 0.284. The number of aryl methyl sites for hydroxylation is 4. The van der Waals surface area contributed by atoms with Crippen LogP contribution in [0.5, 0.6) is 5.75 Å². The fourth-order valence-electron chi connectivity index (χ4n) is 4.08. The number of benzene rings is 4. The molecule has 0 aromatic heterocycles. The highest BCUT2D eigenvalue weighted by atomic mass is 16.3. The molecule has 0 saturated carbocycles. The molecule has 4 aromatic rings. The molecule has 0 aliphatic carbocycles. The second-order valence-electron chi connectivity index (χ2n) is 8.69. The minimum Gasteiger partial charge on any atom is -0.505 e. The van der Waals surface area contributed by atoms with Gasteiger partial charge in [-0.2, -0.15) is 0 Å². The van der Waals surface area contributed by atoms with E-state index in [1.807, 2.05) is 58.0 Å². The van der Waals surface area contributed by atoms with Crippen molar-refractivity contribution in [2.45, 2.75) is 27.7 Å². The number of phenolic OH excluding ortho intramolecular Hbond substituents is 1. The Balaban J connectivity index is 1.71. The number of anilines is 2. The van der Waals surface area contributed by atoms with Crippen LogP contribution < -0.4 is 10.6 Å². The average molecular weight is 468 g/mol. The number of amides is 2. The van der Waals surface area contributed by atoms with Crippen molar-refractivity contribution in [1.82, 2.24) is 0 Å². The molecule has 0 aliphatic heterocycles. The van der Waals surface area contributed by atoms with E-state index in [0.29, 0.717) is 27.7 Å². The third-order valence-electron chi connectivity index (χ3n) is 5.94. The molecule has 0 saturated heterocycles. The van der Waals surface area contributed by atoms with Crippen molar-refractivity contribution in [2.75, 3.05) is 10.6 Å². The zero-order valence-corrected chi connectivity index (χ0v) is 19.9. The zero-order valence-electron chi connectivity index (χ0n) is 19.9. The first-order valence-electron chi connectivity index (χ1n) is 11.1. The molecule has 0 radical (unpaired) electrons. The van der Waals surface area contributed by atoms with E-state index in [9.17, 15) is 19.6 Å². The van der Waals surface area contributed by atoms with Crippen molar-refractivity contribution in [1.29, 1.82) is 0 Å². The highest BCUT2D eigenvalue weighted by Gasteiger charge is 2.21. The molecule has 0 heterocycles. The number of rotatable bonds is 5. The molecule has 176 valence electrons. The van der Waals surface area contributed by atoms with E-state index in [0.717, 1.165) is 22.3 Å². The van der Waals surface area contributed by atoms with Crippen LogP contribution in [0.4, 0.5) is 17.1 Å². The minimum atomic E-state index is -0.591. The smallest absolute Gasteiger partial charge is 0.259 e. The third kappa shape index (κ3) is 4.75. The Morgan fingerprint density at radius 2 is 1.31 bits per heavy atom. The van der Waals surface area contributed by atoms with Crippen molar-refractivity contribution in [3.8, 4) is 5.75 Å². The van der Waals surface area contributed by atoms with Gasteiger partial charge < -0.3 is 15.7 Å². The van der Waals surface area contributed by atoms with Gasteiger partial charge in [-0.3, -0.25) is 9.59 Å².